The third kappa shape index (κ3) is 6.95. The monoisotopic (exact) mass is 455 g/mol. The largest absolute Gasteiger partial charge is 0.700 e. The van der Waals surface area contributed by atoms with Crippen LogP contribution in [0.25, 0.3) is 0 Å². The fourth-order valence-electron chi connectivity index (χ4n) is 2.24. The Morgan fingerprint density at radius 2 is 2.29 bits per heavy atom. The fraction of sp³-hybridized carbons (Fsp3) is 0.500. The highest BCUT2D eigenvalue weighted by Crippen LogP contribution is 2.51. The van der Waals surface area contributed by atoms with Gasteiger partial charge in [-0.1, -0.05) is 16.2 Å². The van der Waals surface area contributed by atoms with Crippen molar-refractivity contribution in [1.82, 2.24) is 9.55 Å². The first-order valence-electron chi connectivity index (χ1n) is 7.69. The lowest BCUT2D eigenvalue weighted by Crippen LogP contribution is -2.29. The van der Waals surface area contributed by atoms with E-state index in [9.17, 15) is 18.8 Å². The molecule has 5 atom stereocenters. The second-order valence-corrected chi connectivity index (χ2v) is 8.59. The maximum atomic E-state index is 12.1. The molecule has 1 aliphatic rings. The molecule has 1 aliphatic heterocycles. The van der Waals surface area contributed by atoms with Gasteiger partial charge in [-0.05, 0) is 12.8 Å². The van der Waals surface area contributed by atoms with Crippen LogP contribution >= 0.6 is 25.1 Å². The summed E-state index contributed by atoms with van der Waals surface area (Å²) >= 11 is 0. The predicted octanol–water partition coefficient (Wildman–Crippen LogP) is 0.122. The molecule has 2 rings (SSSR count). The van der Waals surface area contributed by atoms with Crippen LogP contribution in [0.3, 0.4) is 0 Å². The number of phosphoric acid groups is 1. The minimum Gasteiger partial charge on any atom is -0.382 e. The topological polar surface area (TPSA) is 198 Å². The molecule has 1 aromatic rings. The molecule has 1 saturated heterocycles. The Balaban J connectivity index is 1.96. The summed E-state index contributed by atoms with van der Waals surface area (Å²) in [6, 6.07) is 0. The number of nitrogen functional groups attached to an aromatic ring is 1. The van der Waals surface area contributed by atoms with Gasteiger partial charge < -0.3 is 21.1 Å². The van der Waals surface area contributed by atoms with Gasteiger partial charge in [0.25, 0.3) is 0 Å². The zero-order chi connectivity index (χ0) is 20.7. The van der Waals surface area contributed by atoms with Gasteiger partial charge in [-0.2, -0.15) is 4.98 Å². The highest BCUT2D eigenvalue weighted by Gasteiger charge is 2.32. The molecule has 1 aromatic heterocycles. The van der Waals surface area contributed by atoms with E-state index in [0.29, 0.717) is 18.4 Å². The van der Waals surface area contributed by atoms with Crippen LogP contribution in [0.1, 0.15) is 24.6 Å². The molecule has 0 radical (unpaired) electrons. The van der Waals surface area contributed by atoms with Crippen LogP contribution in [0, 0.1) is 11.8 Å². The van der Waals surface area contributed by atoms with E-state index >= 15 is 0 Å². The summed E-state index contributed by atoms with van der Waals surface area (Å²) in [6.07, 6.45) is 0.962. The van der Waals surface area contributed by atoms with Crippen LogP contribution in [-0.2, 0) is 27.0 Å². The minimum atomic E-state index is -4.49. The lowest BCUT2D eigenvalue weighted by Gasteiger charge is -2.17. The van der Waals surface area contributed by atoms with Crippen LogP contribution < -0.4 is 17.2 Å². The molecule has 4 unspecified atom stereocenters. The van der Waals surface area contributed by atoms with Crippen LogP contribution in [0.15, 0.2) is 11.0 Å². The average Bonchev–Trinajstić information content (AvgIpc) is 3.08. The van der Waals surface area contributed by atoms with Crippen molar-refractivity contribution >= 4 is 30.9 Å². The van der Waals surface area contributed by atoms with Gasteiger partial charge in [-0.3, -0.25) is 9.09 Å². The Bertz CT molecular complexity index is 883. The smallest absolute Gasteiger partial charge is 0.382 e. The molecular formula is C12H18N4O9P3+. The molecule has 0 aromatic carbocycles. The number of hydrogen-bond acceptors (Lipinski definition) is 10. The zero-order valence-corrected chi connectivity index (χ0v) is 17.0. The Labute approximate surface area is 161 Å². The standard InChI is InChI=1S/C12H17N4O9P3/c13-5-1-2-8-6-16(12(17)15-11(8)14)10-4-3-9(23-10)7-22-28(20,21)25-26-24-27(18)19/h6,9-10,26H,3-5,7,13H2,(H3-,14,15,17,18,19,20,21)/p+1/t9-,10?/m0/s1. The summed E-state index contributed by atoms with van der Waals surface area (Å²) in [5.41, 5.74) is 10.7. The Morgan fingerprint density at radius 1 is 1.54 bits per heavy atom. The molecule has 0 aliphatic carbocycles. The molecule has 0 saturated carbocycles. The van der Waals surface area contributed by atoms with Crippen molar-refractivity contribution in [2.24, 2.45) is 5.73 Å². The first kappa shape index (κ1) is 23.0. The normalized spacial score (nSPS) is 22.0. The summed E-state index contributed by atoms with van der Waals surface area (Å²) in [4.78, 5) is 33.7. The number of rotatable bonds is 8. The second kappa shape index (κ2) is 10.5. The van der Waals surface area contributed by atoms with Crippen molar-refractivity contribution in [1.29, 1.82) is 0 Å². The maximum Gasteiger partial charge on any atom is 0.700 e. The summed E-state index contributed by atoms with van der Waals surface area (Å²) in [7, 11) is -8.59. The SMILES string of the molecule is NCC#Cc1cn(C2CC[C@@H](COP(=O)(O)OPO[P+](=O)O)O2)c(=O)nc1N. The number of nitrogens with two attached hydrogens (primary N) is 2. The molecule has 28 heavy (non-hydrogen) atoms. The highest BCUT2D eigenvalue weighted by molar-refractivity contribution is 7.56. The molecular weight excluding hydrogens is 437 g/mol. The van der Waals surface area contributed by atoms with Gasteiger partial charge in [-0.15, -0.1) is 4.89 Å². The molecule has 2 heterocycles. The van der Waals surface area contributed by atoms with Gasteiger partial charge in [0.15, 0.2) is 0 Å². The molecule has 154 valence electrons. The fourth-order valence-corrected chi connectivity index (χ4v) is 3.87. The number of anilines is 1. The molecule has 0 spiro atoms. The van der Waals surface area contributed by atoms with Gasteiger partial charge in [0, 0.05) is 10.8 Å². The molecule has 16 heteroatoms. The van der Waals surface area contributed by atoms with E-state index in [2.05, 4.69) is 25.4 Å². The second-order valence-electron chi connectivity index (χ2n) is 5.29. The number of aromatic nitrogens is 2. The molecule has 1 fully saturated rings. The van der Waals surface area contributed by atoms with Gasteiger partial charge in [0.05, 0.1) is 24.8 Å². The van der Waals surface area contributed by atoms with E-state index in [0.717, 1.165) is 0 Å². The predicted molar refractivity (Wildman–Crippen MR) is 98.1 cm³/mol. The van der Waals surface area contributed by atoms with E-state index in [1.807, 2.05) is 0 Å². The van der Waals surface area contributed by atoms with Crippen molar-refractivity contribution in [3.8, 4) is 11.8 Å². The number of phosphoric ester groups is 1. The van der Waals surface area contributed by atoms with E-state index in [4.69, 9.17) is 25.6 Å². The first-order valence-corrected chi connectivity index (χ1v) is 11.1. The van der Waals surface area contributed by atoms with Crippen molar-refractivity contribution < 1.29 is 36.8 Å². The highest BCUT2D eigenvalue weighted by atomic mass is 31.2. The summed E-state index contributed by atoms with van der Waals surface area (Å²) < 4.78 is 42.1. The third-order valence-corrected chi connectivity index (χ3v) is 6.01. The number of nitrogens with zero attached hydrogens (tertiary/aromatic N) is 2. The summed E-state index contributed by atoms with van der Waals surface area (Å²) in [5, 5.41) is 0. The van der Waals surface area contributed by atoms with Crippen LogP contribution in [0.5, 0.6) is 0 Å². The summed E-state index contributed by atoms with van der Waals surface area (Å²) in [6.45, 7) is -0.196. The van der Waals surface area contributed by atoms with Crippen LogP contribution in [-0.4, -0.2) is 38.6 Å². The lowest BCUT2D eigenvalue weighted by atomic mass is 10.2. The first-order chi connectivity index (χ1) is 13.2. The van der Waals surface area contributed by atoms with E-state index in [1.165, 1.54) is 10.8 Å². The van der Waals surface area contributed by atoms with Gasteiger partial charge in [0.1, 0.15) is 12.0 Å². The van der Waals surface area contributed by atoms with Gasteiger partial charge in [-0.25, -0.2) is 13.7 Å². The van der Waals surface area contributed by atoms with Gasteiger partial charge >= 0.3 is 21.8 Å². The molecule has 0 amide bonds. The van der Waals surface area contributed by atoms with Crippen molar-refractivity contribution in [3.05, 3.63) is 22.2 Å². The minimum absolute atomic E-state index is 0.0221. The maximum absolute atomic E-state index is 12.1. The molecule has 13 nitrogen and oxygen atoms in total. The van der Waals surface area contributed by atoms with Crippen LogP contribution in [0.2, 0.25) is 0 Å². The van der Waals surface area contributed by atoms with E-state index in [1.54, 1.807) is 0 Å². The summed E-state index contributed by atoms with van der Waals surface area (Å²) in [5.74, 6) is 5.30. The average molecular weight is 455 g/mol. The zero-order valence-electron chi connectivity index (χ0n) is 14.3. The van der Waals surface area contributed by atoms with Gasteiger partial charge in [0.2, 0.25) is 9.03 Å². The quantitative estimate of drug-likeness (QED) is 0.305. The van der Waals surface area contributed by atoms with Crippen molar-refractivity contribution in [3.63, 3.8) is 0 Å². The molecule has 0 bridgehead atoms. The Hall–Kier alpha value is -1.28. The lowest BCUT2D eigenvalue weighted by molar-refractivity contribution is -0.0237. The van der Waals surface area contributed by atoms with E-state index in [-0.39, 0.29) is 19.0 Å². The van der Waals surface area contributed by atoms with E-state index < -0.39 is 43.1 Å². The number of ether oxygens (including phenoxy) is 1. The van der Waals surface area contributed by atoms with Crippen LogP contribution in [0.4, 0.5) is 5.82 Å². The Kier molecular flexibility index (Phi) is 8.61. The number of hydrogen-bond donors (Lipinski definition) is 4. The van der Waals surface area contributed by atoms with Crippen molar-refractivity contribution in [2.75, 3.05) is 18.9 Å². The Morgan fingerprint density at radius 3 is 2.96 bits per heavy atom. The molecule has 6 N–H and O–H groups in total. The van der Waals surface area contributed by atoms with Crippen molar-refractivity contribution in [2.45, 2.75) is 25.2 Å². The third-order valence-electron chi connectivity index (χ3n) is 3.39.